The van der Waals surface area contributed by atoms with Crippen molar-refractivity contribution in [1.29, 1.82) is 0 Å². The molecular formula is C30H36FN3O4S. The molecule has 0 aliphatic rings. The highest BCUT2D eigenvalue weighted by molar-refractivity contribution is 7.92. The van der Waals surface area contributed by atoms with Crippen LogP contribution in [0.1, 0.15) is 37.5 Å². The molecule has 208 valence electrons. The Hall–Kier alpha value is -3.72. The number of halogens is 1. The Labute approximate surface area is 230 Å². The number of benzene rings is 3. The van der Waals surface area contributed by atoms with Gasteiger partial charge in [-0.15, -0.1) is 0 Å². The van der Waals surface area contributed by atoms with E-state index in [9.17, 15) is 22.4 Å². The zero-order valence-electron chi connectivity index (χ0n) is 22.8. The Bertz CT molecular complexity index is 1350. The number of hydrogen-bond donors (Lipinski definition) is 1. The maximum Gasteiger partial charge on any atom is 0.244 e. The fourth-order valence-electron chi connectivity index (χ4n) is 4.23. The molecule has 0 fully saturated rings. The Balaban J connectivity index is 2.03. The van der Waals surface area contributed by atoms with Gasteiger partial charge in [-0.25, -0.2) is 12.8 Å². The molecule has 3 aromatic rings. The van der Waals surface area contributed by atoms with Gasteiger partial charge in [0.1, 0.15) is 18.4 Å². The highest BCUT2D eigenvalue weighted by Gasteiger charge is 2.33. The molecule has 0 spiro atoms. The number of sulfonamides is 1. The number of aryl methyl sites for hydroxylation is 1. The van der Waals surface area contributed by atoms with Gasteiger partial charge in [0.05, 0.1) is 11.9 Å². The van der Waals surface area contributed by atoms with E-state index in [-0.39, 0.29) is 24.9 Å². The molecule has 0 saturated heterocycles. The largest absolute Gasteiger partial charge is 0.352 e. The molecule has 3 rings (SSSR count). The fraction of sp³-hybridized carbons (Fsp3) is 0.333. The molecule has 0 aliphatic carbocycles. The smallest absolute Gasteiger partial charge is 0.244 e. The minimum absolute atomic E-state index is 0.00545. The molecular weight excluding hydrogens is 517 g/mol. The van der Waals surface area contributed by atoms with Crippen LogP contribution < -0.4 is 9.62 Å². The monoisotopic (exact) mass is 553 g/mol. The summed E-state index contributed by atoms with van der Waals surface area (Å²) in [5.74, 6) is -1.33. The van der Waals surface area contributed by atoms with Crippen LogP contribution in [0.4, 0.5) is 10.1 Å². The molecule has 0 aliphatic heterocycles. The first-order valence-corrected chi connectivity index (χ1v) is 14.8. The molecule has 1 N–H and O–H groups in total. The van der Waals surface area contributed by atoms with Gasteiger partial charge in [-0.1, -0.05) is 61.5 Å². The van der Waals surface area contributed by atoms with E-state index in [1.807, 2.05) is 63.2 Å². The Kier molecular flexibility index (Phi) is 10.2. The zero-order chi connectivity index (χ0) is 28.6. The molecule has 0 heterocycles. The highest BCUT2D eigenvalue weighted by Crippen LogP contribution is 2.21. The van der Waals surface area contributed by atoms with Gasteiger partial charge in [0.25, 0.3) is 0 Å². The van der Waals surface area contributed by atoms with Crippen LogP contribution in [0.5, 0.6) is 0 Å². The van der Waals surface area contributed by atoms with Gasteiger partial charge in [-0.05, 0) is 61.2 Å². The average Bonchev–Trinajstić information content (AvgIpc) is 2.90. The van der Waals surface area contributed by atoms with E-state index in [1.54, 1.807) is 24.3 Å². The number of nitrogens with one attached hydrogen (secondary N) is 1. The van der Waals surface area contributed by atoms with Crippen LogP contribution in [-0.2, 0) is 39.0 Å². The van der Waals surface area contributed by atoms with Crippen molar-refractivity contribution >= 4 is 27.5 Å². The number of carbonyl (C=O) groups excluding carboxylic acids is 2. The molecule has 39 heavy (non-hydrogen) atoms. The third-order valence-electron chi connectivity index (χ3n) is 6.28. The summed E-state index contributed by atoms with van der Waals surface area (Å²) in [5, 5.41) is 2.90. The molecule has 1 atom stereocenters. The predicted molar refractivity (Wildman–Crippen MR) is 152 cm³/mol. The lowest BCUT2D eigenvalue weighted by molar-refractivity contribution is -0.140. The van der Waals surface area contributed by atoms with Gasteiger partial charge in [0.15, 0.2) is 0 Å². The third kappa shape index (κ3) is 8.64. The second kappa shape index (κ2) is 13.4. The van der Waals surface area contributed by atoms with E-state index in [0.717, 1.165) is 28.1 Å². The normalized spacial score (nSPS) is 12.2. The van der Waals surface area contributed by atoms with Crippen molar-refractivity contribution in [2.24, 2.45) is 0 Å². The Morgan fingerprint density at radius 1 is 0.872 bits per heavy atom. The fourth-order valence-corrected chi connectivity index (χ4v) is 5.08. The van der Waals surface area contributed by atoms with Crippen molar-refractivity contribution in [1.82, 2.24) is 10.2 Å². The minimum atomic E-state index is -3.83. The number of amides is 2. The van der Waals surface area contributed by atoms with Crippen molar-refractivity contribution in [2.45, 2.75) is 52.2 Å². The van der Waals surface area contributed by atoms with Gasteiger partial charge in [0.2, 0.25) is 21.8 Å². The second-order valence-electron chi connectivity index (χ2n) is 9.81. The Morgan fingerprint density at radius 3 is 2.00 bits per heavy atom. The van der Waals surface area contributed by atoms with Crippen molar-refractivity contribution in [3.05, 3.63) is 101 Å². The van der Waals surface area contributed by atoms with Crippen LogP contribution >= 0.6 is 0 Å². The molecule has 7 nitrogen and oxygen atoms in total. The summed E-state index contributed by atoms with van der Waals surface area (Å²) in [6.45, 7) is 5.15. The van der Waals surface area contributed by atoms with Crippen LogP contribution in [0.2, 0.25) is 0 Å². The Morgan fingerprint density at radius 2 is 1.46 bits per heavy atom. The predicted octanol–water partition coefficient (Wildman–Crippen LogP) is 4.32. The van der Waals surface area contributed by atoms with Crippen molar-refractivity contribution in [3.8, 4) is 0 Å². The molecule has 3 aromatic carbocycles. The first-order chi connectivity index (χ1) is 18.5. The highest BCUT2D eigenvalue weighted by atomic mass is 32.2. The van der Waals surface area contributed by atoms with E-state index < -0.39 is 34.3 Å². The number of carbonyl (C=O) groups is 2. The molecule has 9 heteroatoms. The van der Waals surface area contributed by atoms with Crippen LogP contribution in [0.15, 0.2) is 78.9 Å². The summed E-state index contributed by atoms with van der Waals surface area (Å²) in [6, 6.07) is 20.9. The summed E-state index contributed by atoms with van der Waals surface area (Å²) >= 11 is 0. The van der Waals surface area contributed by atoms with Crippen LogP contribution in [0.25, 0.3) is 0 Å². The van der Waals surface area contributed by atoms with Crippen molar-refractivity contribution < 1.29 is 22.4 Å². The SMILES string of the molecule is CCc1ccc(N(CC(=O)N(Cc2ccc(F)cc2)C(Cc2ccccc2)C(=O)NC(C)C)S(C)(=O)=O)cc1. The maximum atomic E-state index is 14.0. The van der Waals surface area contributed by atoms with Crippen molar-refractivity contribution in [3.63, 3.8) is 0 Å². The molecule has 0 radical (unpaired) electrons. The van der Waals surface area contributed by atoms with Crippen molar-refractivity contribution in [2.75, 3.05) is 17.1 Å². The number of hydrogen-bond acceptors (Lipinski definition) is 4. The summed E-state index contributed by atoms with van der Waals surface area (Å²) in [7, 11) is -3.83. The summed E-state index contributed by atoms with van der Waals surface area (Å²) in [5.41, 5.74) is 2.84. The quantitative estimate of drug-likeness (QED) is 0.362. The minimum Gasteiger partial charge on any atom is -0.352 e. The standard InChI is InChI=1S/C30H36FN3O4S/c1-5-23-13-17-27(18-14-23)34(39(4,37)38)21-29(35)33(20-25-11-15-26(31)16-12-25)28(30(36)32-22(2)3)19-24-9-7-6-8-10-24/h6-18,22,28H,5,19-21H2,1-4H3,(H,32,36). The van der Waals surface area contributed by atoms with Gasteiger partial charge in [-0.2, -0.15) is 0 Å². The molecule has 1 unspecified atom stereocenters. The molecule has 0 bridgehead atoms. The third-order valence-corrected chi connectivity index (χ3v) is 7.42. The summed E-state index contributed by atoms with van der Waals surface area (Å²) in [4.78, 5) is 28.8. The maximum absolute atomic E-state index is 14.0. The van der Waals surface area contributed by atoms with E-state index >= 15 is 0 Å². The summed E-state index contributed by atoms with van der Waals surface area (Å²) in [6.07, 6.45) is 2.05. The molecule has 0 aromatic heterocycles. The molecule has 0 saturated carbocycles. The topological polar surface area (TPSA) is 86.8 Å². The summed E-state index contributed by atoms with van der Waals surface area (Å²) < 4.78 is 40.3. The van der Waals surface area contributed by atoms with Gasteiger partial charge >= 0.3 is 0 Å². The average molecular weight is 554 g/mol. The van der Waals surface area contributed by atoms with E-state index in [0.29, 0.717) is 11.3 Å². The van der Waals surface area contributed by atoms with Crippen LogP contribution in [-0.4, -0.2) is 50.0 Å². The number of rotatable bonds is 12. The van der Waals surface area contributed by atoms with E-state index in [2.05, 4.69) is 5.32 Å². The first kappa shape index (κ1) is 29.8. The first-order valence-electron chi connectivity index (χ1n) is 12.9. The molecule has 2 amide bonds. The van der Waals surface area contributed by atoms with Crippen LogP contribution in [0.3, 0.4) is 0 Å². The number of nitrogens with zero attached hydrogens (tertiary/aromatic N) is 2. The zero-order valence-corrected chi connectivity index (χ0v) is 23.6. The van der Waals surface area contributed by atoms with Gasteiger partial charge in [-0.3, -0.25) is 13.9 Å². The van der Waals surface area contributed by atoms with E-state index in [4.69, 9.17) is 0 Å². The van der Waals surface area contributed by atoms with Gasteiger partial charge in [0, 0.05) is 19.0 Å². The second-order valence-corrected chi connectivity index (χ2v) is 11.7. The lowest BCUT2D eigenvalue weighted by atomic mass is 10.0. The van der Waals surface area contributed by atoms with Crippen LogP contribution in [0, 0.1) is 5.82 Å². The van der Waals surface area contributed by atoms with Gasteiger partial charge < -0.3 is 10.2 Å². The number of anilines is 1. The van der Waals surface area contributed by atoms with E-state index in [1.165, 1.54) is 17.0 Å². The lowest BCUT2D eigenvalue weighted by Crippen LogP contribution is -2.54. The lowest BCUT2D eigenvalue weighted by Gasteiger charge is -2.34.